The zero-order valence-corrected chi connectivity index (χ0v) is 11.9. The molecule has 0 radical (unpaired) electrons. The zero-order valence-electron chi connectivity index (χ0n) is 11.9. The number of aromatic nitrogens is 1. The van der Waals surface area contributed by atoms with Gasteiger partial charge in [-0.2, -0.15) is 0 Å². The fourth-order valence-corrected chi connectivity index (χ4v) is 2.06. The second-order valence-electron chi connectivity index (χ2n) is 4.76. The topological polar surface area (TPSA) is 77.4 Å². The van der Waals surface area contributed by atoms with Crippen molar-refractivity contribution < 1.29 is 13.6 Å². The molecule has 1 amide bonds. The summed E-state index contributed by atoms with van der Waals surface area (Å²) in [5, 5.41) is 2.67. The number of carbonyl (C=O) groups excluding carboxylic acids is 1. The minimum atomic E-state index is -0.433. The monoisotopic (exact) mass is 298 g/mol. The molecule has 0 aliphatic carbocycles. The minimum Gasteiger partial charge on any atom is -0.461 e. The maximum Gasteiger partial charge on any atom is 0.263 e. The van der Waals surface area contributed by atoms with Crippen LogP contribution >= 0.6 is 0 Å². The number of furan rings is 2. The lowest BCUT2D eigenvalue weighted by molar-refractivity contribution is 0.0946. The smallest absolute Gasteiger partial charge is 0.263 e. The molecular formula is C16H14N2O4. The van der Waals surface area contributed by atoms with Gasteiger partial charge in [-0.15, -0.1) is 0 Å². The van der Waals surface area contributed by atoms with Gasteiger partial charge in [0.1, 0.15) is 11.3 Å². The largest absolute Gasteiger partial charge is 0.461 e. The quantitative estimate of drug-likeness (QED) is 0.800. The molecular weight excluding hydrogens is 284 g/mol. The van der Waals surface area contributed by atoms with Crippen LogP contribution in [0.15, 0.2) is 62.5 Å². The molecule has 6 heteroatoms. The molecule has 0 aliphatic heterocycles. The molecule has 0 fully saturated rings. The maximum atomic E-state index is 12.0. The Labute approximate surface area is 126 Å². The third-order valence-corrected chi connectivity index (χ3v) is 3.22. The summed E-state index contributed by atoms with van der Waals surface area (Å²) in [7, 11) is 1.60. The number of nitrogens with zero attached hydrogens (tertiary/aromatic N) is 1. The van der Waals surface area contributed by atoms with Crippen molar-refractivity contribution in [1.29, 1.82) is 0 Å². The molecule has 0 aliphatic rings. The standard InChI is InChI=1S/C16H14N2O4/c1-18-8-2-4-12(16(18)20)15(19)17-10-11-6-7-14(22-11)13-5-3-9-21-13/h2-9H,10H2,1H3,(H,17,19). The van der Waals surface area contributed by atoms with Gasteiger partial charge in [-0.25, -0.2) is 0 Å². The maximum absolute atomic E-state index is 12.0. The highest BCUT2D eigenvalue weighted by Gasteiger charge is 2.12. The molecule has 0 aromatic carbocycles. The average Bonchev–Trinajstić information content (AvgIpc) is 3.18. The Morgan fingerprint density at radius 1 is 1.18 bits per heavy atom. The van der Waals surface area contributed by atoms with E-state index >= 15 is 0 Å². The fourth-order valence-electron chi connectivity index (χ4n) is 2.06. The second kappa shape index (κ2) is 5.77. The van der Waals surface area contributed by atoms with E-state index in [0.717, 1.165) is 0 Å². The first-order valence-corrected chi connectivity index (χ1v) is 6.71. The number of aryl methyl sites for hydroxylation is 1. The van der Waals surface area contributed by atoms with Gasteiger partial charge in [0.15, 0.2) is 11.5 Å². The van der Waals surface area contributed by atoms with Gasteiger partial charge in [0.2, 0.25) is 0 Å². The van der Waals surface area contributed by atoms with Gasteiger partial charge >= 0.3 is 0 Å². The third-order valence-electron chi connectivity index (χ3n) is 3.22. The summed E-state index contributed by atoms with van der Waals surface area (Å²) in [5.41, 5.74) is -0.237. The van der Waals surface area contributed by atoms with Crippen molar-refractivity contribution in [3.8, 4) is 11.5 Å². The van der Waals surface area contributed by atoms with E-state index in [2.05, 4.69) is 5.32 Å². The third kappa shape index (κ3) is 2.71. The molecule has 0 atom stereocenters. The van der Waals surface area contributed by atoms with Crippen LogP contribution in [0.5, 0.6) is 0 Å². The van der Waals surface area contributed by atoms with Crippen molar-refractivity contribution in [1.82, 2.24) is 9.88 Å². The van der Waals surface area contributed by atoms with Crippen LogP contribution in [0.4, 0.5) is 0 Å². The Morgan fingerprint density at radius 3 is 2.82 bits per heavy atom. The van der Waals surface area contributed by atoms with Gasteiger partial charge in [-0.05, 0) is 36.4 Å². The first kappa shape index (κ1) is 13.9. The number of rotatable bonds is 4. The summed E-state index contributed by atoms with van der Waals surface area (Å²) in [4.78, 5) is 23.9. The van der Waals surface area contributed by atoms with E-state index in [1.54, 1.807) is 49.8 Å². The lowest BCUT2D eigenvalue weighted by Crippen LogP contribution is -2.31. The van der Waals surface area contributed by atoms with Crippen molar-refractivity contribution >= 4 is 5.91 Å². The van der Waals surface area contributed by atoms with Gasteiger partial charge < -0.3 is 18.7 Å². The van der Waals surface area contributed by atoms with E-state index < -0.39 is 5.91 Å². The van der Waals surface area contributed by atoms with Crippen LogP contribution in [0.3, 0.4) is 0 Å². The molecule has 0 saturated carbocycles. The van der Waals surface area contributed by atoms with E-state index in [9.17, 15) is 9.59 Å². The molecule has 3 rings (SSSR count). The van der Waals surface area contributed by atoms with Crippen molar-refractivity contribution in [2.24, 2.45) is 7.05 Å². The van der Waals surface area contributed by atoms with E-state index in [4.69, 9.17) is 8.83 Å². The van der Waals surface area contributed by atoms with E-state index in [-0.39, 0.29) is 17.7 Å². The van der Waals surface area contributed by atoms with Crippen molar-refractivity contribution in [3.63, 3.8) is 0 Å². The number of nitrogens with one attached hydrogen (secondary N) is 1. The highest BCUT2D eigenvalue weighted by molar-refractivity contribution is 5.93. The fraction of sp³-hybridized carbons (Fsp3) is 0.125. The van der Waals surface area contributed by atoms with Gasteiger partial charge in [-0.3, -0.25) is 9.59 Å². The first-order valence-electron chi connectivity index (χ1n) is 6.71. The molecule has 3 aromatic rings. The van der Waals surface area contributed by atoms with E-state index in [0.29, 0.717) is 17.3 Å². The average molecular weight is 298 g/mol. The van der Waals surface area contributed by atoms with Crippen LogP contribution in [0.25, 0.3) is 11.5 Å². The molecule has 3 heterocycles. The summed E-state index contributed by atoms with van der Waals surface area (Å²) >= 11 is 0. The molecule has 0 bridgehead atoms. The minimum absolute atomic E-state index is 0.0998. The highest BCUT2D eigenvalue weighted by Crippen LogP contribution is 2.22. The van der Waals surface area contributed by atoms with Crippen LogP contribution in [0, 0.1) is 0 Å². The molecule has 3 aromatic heterocycles. The zero-order chi connectivity index (χ0) is 15.5. The number of carbonyl (C=O) groups is 1. The summed E-state index contributed by atoms with van der Waals surface area (Å²) in [6.45, 7) is 0.192. The molecule has 22 heavy (non-hydrogen) atoms. The van der Waals surface area contributed by atoms with Gasteiger partial charge in [0.05, 0.1) is 12.8 Å². The van der Waals surface area contributed by atoms with Crippen LogP contribution in [-0.4, -0.2) is 10.5 Å². The van der Waals surface area contributed by atoms with Crippen molar-refractivity contribution in [3.05, 3.63) is 70.5 Å². The SMILES string of the molecule is Cn1cccc(C(=O)NCc2ccc(-c3ccco3)o2)c1=O. The summed E-state index contributed by atoms with van der Waals surface area (Å²) in [6.07, 6.45) is 3.16. The van der Waals surface area contributed by atoms with E-state index in [1.807, 2.05) is 0 Å². The number of hydrogen-bond donors (Lipinski definition) is 1. The molecule has 6 nitrogen and oxygen atoms in total. The number of amides is 1. The summed E-state index contributed by atoms with van der Waals surface area (Å²) in [5.74, 6) is 1.35. The molecule has 0 saturated heterocycles. The Kier molecular flexibility index (Phi) is 3.65. The highest BCUT2D eigenvalue weighted by atomic mass is 16.4. The summed E-state index contributed by atoms with van der Waals surface area (Å²) in [6, 6.07) is 10.2. The molecule has 0 unspecified atom stereocenters. The predicted octanol–water partition coefficient (Wildman–Crippen LogP) is 2.17. The summed E-state index contributed by atoms with van der Waals surface area (Å²) < 4.78 is 12.2. The normalized spacial score (nSPS) is 10.6. The van der Waals surface area contributed by atoms with Crippen LogP contribution < -0.4 is 10.9 Å². The molecule has 1 N–H and O–H groups in total. The van der Waals surface area contributed by atoms with Crippen LogP contribution in [-0.2, 0) is 13.6 Å². The Hall–Kier alpha value is -3.02. The van der Waals surface area contributed by atoms with Gasteiger partial charge in [0, 0.05) is 13.2 Å². The Bertz CT molecular complexity index is 843. The second-order valence-corrected chi connectivity index (χ2v) is 4.76. The predicted molar refractivity (Wildman–Crippen MR) is 79.3 cm³/mol. The number of pyridine rings is 1. The van der Waals surface area contributed by atoms with Crippen LogP contribution in [0.2, 0.25) is 0 Å². The molecule has 0 spiro atoms. The van der Waals surface area contributed by atoms with Gasteiger partial charge in [0.25, 0.3) is 11.5 Å². The number of hydrogen-bond acceptors (Lipinski definition) is 4. The lowest BCUT2D eigenvalue weighted by atomic mass is 10.2. The molecule has 112 valence electrons. The van der Waals surface area contributed by atoms with Crippen molar-refractivity contribution in [2.45, 2.75) is 6.54 Å². The van der Waals surface area contributed by atoms with Crippen molar-refractivity contribution in [2.75, 3.05) is 0 Å². The first-order chi connectivity index (χ1) is 10.6. The lowest BCUT2D eigenvalue weighted by Gasteiger charge is -2.04. The van der Waals surface area contributed by atoms with E-state index in [1.165, 1.54) is 10.6 Å². The van der Waals surface area contributed by atoms with Crippen LogP contribution in [0.1, 0.15) is 16.1 Å². The van der Waals surface area contributed by atoms with Gasteiger partial charge in [-0.1, -0.05) is 0 Å². The Balaban J connectivity index is 1.69. The Morgan fingerprint density at radius 2 is 2.05 bits per heavy atom.